The molecule has 1 aromatic carbocycles. The van der Waals surface area contributed by atoms with E-state index in [4.69, 9.17) is 4.52 Å². The molecule has 4 heteroatoms. The van der Waals surface area contributed by atoms with Gasteiger partial charge in [0.15, 0.2) is 5.76 Å². The molecular weight excluding hydrogens is 324 g/mol. The molecule has 4 aliphatic carbocycles. The van der Waals surface area contributed by atoms with Gasteiger partial charge in [0.05, 0.1) is 6.54 Å². The molecule has 2 aromatic rings. The zero-order valence-corrected chi connectivity index (χ0v) is 15.3. The van der Waals surface area contributed by atoms with E-state index in [1.807, 2.05) is 18.2 Å². The summed E-state index contributed by atoms with van der Waals surface area (Å²) in [4.78, 5) is 13.0. The SMILES string of the molecule is Cc1ccc(-c2cc(CNC(=O)C34CC5CC(CC(C5)C3)C4)no2)cc1. The van der Waals surface area contributed by atoms with E-state index in [0.29, 0.717) is 6.54 Å². The minimum absolute atomic E-state index is 0.0989. The monoisotopic (exact) mass is 350 g/mol. The summed E-state index contributed by atoms with van der Waals surface area (Å²) in [6, 6.07) is 10.1. The van der Waals surface area contributed by atoms with Crippen molar-refractivity contribution in [2.75, 3.05) is 0 Å². The second-order valence-corrected chi connectivity index (χ2v) is 8.93. The van der Waals surface area contributed by atoms with E-state index >= 15 is 0 Å². The predicted molar refractivity (Wildman–Crippen MR) is 99.1 cm³/mol. The third kappa shape index (κ3) is 2.76. The van der Waals surface area contributed by atoms with Crippen molar-refractivity contribution in [3.63, 3.8) is 0 Å². The van der Waals surface area contributed by atoms with Crippen molar-refractivity contribution in [3.05, 3.63) is 41.6 Å². The van der Waals surface area contributed by atoms with Crippen LogP contribution < -0.4 is 5.32 Å². The largest absolute Gasteiger partial charge is 0.356 e. The molecule has 4 saturated carbocycles. The number of hydrogen-bond donors (Lipinski definition) is 1. The number of aromatic nitrogens is 1. The smallest absolute Gasteiger partial charge is 0.226 e. The molecule has 0 atom stereocenters. The lowest BCUT2D eigenvalue weighted by Gasteiger charge is -2.55. The Hall–Kier alpha value is -2.10. The highest BCUT2D eigenvalue weighted by molar-refractivity contribution is 5.83. The lowest BCUT2D eigenvalue weighted by Crippen LogP contribution is -2.53. The Balaban J connectivity index is 1.25. The average Bonchev–Trinajstić information content (AvgIpc) is 3.08. The molecule has 0 saturated heterocycles. The number of rotatable bonds is 4. The van der Waals surface area contributed by atoms with Gasteiger partial charge in [0, 0.05) is 17.0 Å². The summed E-state index contributed by atoms with van der Waals surface area (Å²) in [6.45, 7) is 2.52. The van der Waals surface area contributed by atoms with Gasteiger partial charge in [-0.1, -0.05) is 35.0 Å². The Labute approximate surface area is 154 Å². The van der Waals surface area contributed by atoms with Gasteiger partial charge in [-0.2, -0.15) is 0 Å². The third-order valence-corrected chi connectivity index (χ3v) is 6.85. The maximum absolute atomic E-state index is 13.0. The van der Waals surface area contributed by atoms with Crippen LogP contribution in [0.1, 0.15) is 49.8 Å². The van der Waals surface area contributed by atoms with Gasteiger partial charge in [0.25, 0.3) is 0 Å². The number of aryl methyl sites for hydroxylation is 1. The second kappa shape index (κ2) is 5.97. The van der Waals surface area contributed by atoms with Crippen LogP contribution in [-0.4, -0.2) is 11.1 Å². The van der Waals surface area contributed by atoms with Crippen LogP contribution in [0.2, 0.25) is 0 Å². The van der Waals surface area contributed by atoms with Gasteiger partial charge in [-0.15, -0.1) is 0 Å². The summed E-state index contributed by atoms with van der Waals surface area (Å²) in [5, 5.41) is 7.31. The molecule has 1 N–H and O–H groups in total. The van der Waals surface area contributed by atoms with Crippen LogP contribution in [0.3, 0.4) is 0 Å². The number of hydrogen-bond acceptors (Lipinski definition) is 3. The molecule has 4 bridgehead atoms. The van der Waals surface area contributed by atoms with Gasteiger partial charge in [-0.25, -0.2) is 0 Å². The van der Waals surface area contributed by atoms with Crippen molar-refractivity contribution in [1.82, 2.24) is 10.5 Å². The maximum atomic E-state index is 13.0. The first-order valence-corrected chi connectivity index (χ1v) is 9.91. The lowest BCUT2D eigenvalue weighted by atomic mass is 9.49. The van der Waals surface area contributed by atoms with Crippen LogP contribution in [-0.2, 0) is 11.3 Å². The summed E-state index contributed by atoms with van der Waals surface area (Å²) < 4.78 is 5.47. The number of amides is 1. The molecule has 1 amide bonds. The molecule has 0 spiro atoms. The highest BCUT2D eigenvalue weighted by atomic mass is 16.5. The molecule has 4 aliphatic rings. The van der Waals surface area contributed by atoms with Crippen molar-refractivity contribution in [1.29, 1.82) is 0 Å². The molecule has 4 fully saturated rings. The number of carbonyl (C=O) groups excluding carboxylic acids is 1. The summed E-state index contributed by atoms with van der Waals surface area (Å²) in [6.07, 6.45) is 7.36. The van der Waals surface area contributed by atoms with Crippen LogP contribution in [0, 0.1) is 30.1 Å². The van der Waals surface area contributed by atoms with E-state index in [2.05, 4.69) is 29.5 Å². The summed E-state index contributed by atoms with van der Waals surface area (Å²) in [5.41, 5.74) is 2.93. The minimum atomic E-state index is -0.0989. The zero-order chi connectivity index (χ0) is 17.7. The molecule has 136 valence electrons. The molecule has 0 radical (unpaired) electrons. The Morgan fingerprint density at radius 1 is 1.12 bits per heavy atom. The summed E-state index contributed by atoms with van der Waals surface area (Å²) in [5.74, 6) is 3.35. The predicted octanol–water partition coefficient (Wildman–Crippen LogP) is 4.48. The Morgan fingerprint density at radius 2 is 1.73 bits per heavy atom. The van der Waals surface area contributed by atoms with E-state index in [-0.39, 0.29) is 11.3 Å². The normalized spacial score (nSPS) is 32.0. The van der Waals surface area contributed by atoms with E-state index < -0.39 is 0 Å². The van der Waals surface area contributed by atoms with Gasteiger partial charge < -0.3 is 9.84 Å². The topological polar surface area (TPSA) is 55.1 Å². The van der Waals surface area contributed by atoms with Crippen LogP contribution in [0.15, 0.2) is 34.9 Å². The van der Waals surface area contributed by atoms with Gasteiger partial charge in [-0.3, -0.25) is 4.79 Å². The first kappa shape index (κ1) is 16.1. The van der Waals surface area contributed by atoms with E-state index in [0.717, 1.165) is 54.0 Å². The molecule has 1 heterocycles. The third-order valence-electron chi connectivity index (χ3n) is 6.85. The quantitative estimate of drug-likeness (QED) is 0.884. The fourth-order valence-corrected chi connectivity index (χ4v) is 6.00. The highest BCUT2D eigenvalue weighted by Crippen LogP contribution is 2.60. The van der Waals surface area contributed by atoms with Crippen LogP contribution in [0.25, 0.3) is 11.3 Å². The first-order valence-electron chi connectivity index (χ1n) is 9.91. The van der Waals surface area contributed by atoms with E-state index in [9.17, 15) is 4.79 Å². The number of nitrogens with one attached hydrogen (secondary N) is 1. The zero-order valence-electron chi connectivity index (χ0n) is 15.3. The van der Waals surface area contributed by atoms with Gasteiger partial charge >= 0.3 is 0 Å². The number of benzene rings is 1. The van der Waals surface area contributed by atoms with Crippen molar-refractivity contribution < 1.29 is 9.32 Å². The van der Waals surface area contributed by atoms with E-state index in [1.54, 1.807) is 0 Å². The Bertz CT molecular complexity index is 786. The minimum Gasteiger partial charge on any atom is -0.356 e. The lowest BCUT2D eigenvalue weighted by molar-refractivity contribution is -0.146. The molecule has 4 nitrogen and oxygen atoms in total. The first-order chi connectivity index (χ1) is 12.6. The number of nitrogens with zero attached hydrogens (tertiary/aromatic N) is 1. The second-order valence-electron chi connectivity index (χ2n) is 8.93. The average molecular weight is 350 g/mol. The maximum Gasteiger partial charge on any atom is 0.226 e. The number of carbonyl (C=O) groups is 1. The molecule has 26 heavy (non-hydrogen) atoms. The summed E-state index contributed by atoms with van der Waals surface area (Å²) in [7, 11) is 0. The van der Waals surface area contributed by atoms with Crippen LogP contribution >= 0.6 is 0 Å². The fourth-order valence-electron chi connectivity index (χ4n) is 6.00. The fraction of sp³-hybridized carbons (Fsp3) is 0.545. The molecule has 0 unspecified atom stereocenters. The van der Waals surface area contributed by atoms with Gasteiger partial charge in [-0.05, 0) is 63.2 Å². The molecule has 6 rings (SSSR count). The van der Waals surface area contributed by atoms with Crippen molar-refractivity contribution in [3.8, 4) is 11.3 Å². The molecule has 1 aromatic heterocycles. The van der Waals surface area contributed by atoms with Crippen LogP contribution in [0.4, 0.5) is 0 Å². The van der Waals surface area contributed by atoms with Gasteiger partial charge in [0.1, 0.15) is 5.69 Å². The molecular formula is C22H26N2O2. The van der Waals surface area contributed by atoms with Gasteiger partial charge in [0.2, 0.25) is 5.91 Å². The Morgan fingerprint density at radius 3 is 2.35 bits per heavy atom. The molecule has 0 aliphatic heterocycles. The summed E-state index contributed by atoms with van der Waals surface area (Å²) >= 11 is 0. The van der Waals surface area contributed by atoms with E-state index in [1.165, 1.54) is 24.8 Å². The Kier molecular flexibility index (Phi) is 3.70. The highest BCUT2D eigenvalue weighted by Gasteiger charge is 2.54. The van der Waals surface area contributed by atoms with Crippen molar-refractivity contribution in [2.24, 2.45) is 23.2 Å². The van der Waals surface area contributed by atoms with Crippen LogP contribution in [0.5, 0.6) is 0 Å². The standard InChI is InChI=1S/C22H26N2O2/c1-14-2-4-18(5-3-14)20-9-19(24-26-20)13-23-21(25)22-10-15-6-16(11-22)8-17(7-15)12-22/h2-5,9,15-17H,6-8,10-13H2,1H3,(H,23,25). The van der Waals surface area contributed by atoms with Crippen molar-refractivity contribution in [2.45, 2.75) is 52.0 Å². The van der Waals surface area contributed by atoms with Crippen molar-refractivity contribution >= 4 is 5.91 Å².